The van der Waals surface area contributed by atoms with Crippen molar-refractivity contribution in [1.29, 1.82) is 0 Å². The van der Waals surface area contributed by atoms with Crippen molar-refractivity contribution < 1.29 is 4.79 Å². The van der Waals surface area contributed by atoms with E-state index in [-0.39, 0.29) is 0 Å². The number of amides is 1. The van der Waals surface area contributed by atoms with Crippen molar-refractivity contribution in [2.24, 2.45) is 11.7 Å². The summed E-state index contributed by atoms with van der Waals surface area (Å²) in [6.07, 6.45) is 2.92. The van der Waals surface area contributed by atoms with Crippen molar-refractivity contribution in [2.45, 2.75) is 45.2 Å². The van der Waals surface area contributed by atoms with Gasteiger partial charge in [-0.15, -0.1) is 0 Å². The molecule has 1 unspecified atom stereocenters. The Morgan fingerprint density at radius 2 is 2.00 bits per heavy atom. The van der Waals surface area contributed by atoms with Crippen molar-refractivity contribution >= 4 is 5.91 Å². The average Bonchev–Trinajstić information content (AvgIpc) is 2.71. The van der Waals surface area contributed by atoms with Crippen LogP contribution in [0.5, 0.6) is 0 Å². The van der Waals surface area contributed by atoms with E-state index >= 15 is 0 Å². The first-order valence-electron chi connectivity index (χ1n) is 6.85. The second kappa shape index (κ2) is 5.36. The Bertz CT molecular complexity index is 272. The molecule has 2 rings (SSSR count). The summed E-state index contributed by atoms with van der Waals surface area (Å²) in [5.41, 5.74) is 5.66. The predicted octanol–water partition coefficient (Wildman–Crippen LogP) is 0.666. The number of carbonyl (C=O) groups is 1. The molecule has 2 heterocycles. The molecule has 4 nitrogen and oxygen atoms in total. The highest BCUT2D eigenvalue weighted by Gasteiger charge is 2.35. The zero-order valence-corrected chi connectivity index (χ0v) is 11.1. The van der Waals surface area contributed by atoms with Crippen LogP contribution in [0.2, 0.25) is 0 Å². The zero-order chi connectivity index (χ0) is 12.4. The lowest BCUT2D eigenvalue weighted by atomic mass is 10.0. The van der Waals surface area contributed by atoms with E-state index in [2.05, 4.69) is 23.6 Å². The van der Waals surface area contributed by atoms with Crippen LogP contribution in [0, 0.1) is 5.92 Å². The number of piperidine rings is 1. The molecule has 2 N–H and O–H groups in total. The first kappa shape index (κ1) is 12.8. The summed E-state index contributed by atoms with van der Waals surface area (Å²) in [7, 11) is 0. The molecule has 0 aromatic heterocycles. The van der Waals surface area contributed by atoms with Gasteiger partial charge in [-0.1, -0.05) is 0 Å². The lowest BCUT2D eigenvalue weighted by Crippen LogP contribution is -2.47. The van der Waals surface area contributed by atoms with Gasteiger partial charge in [-0.25, -0.2) is 0 Å². The lowest BCUT2D eigenvalue weighted by Gasteiger charge is -2.38. The molecule has 0 radical (unpaired) electrons. The van der Waals surface area contributed by atoms with Crippen molar-refractivity contribution in [3.8, 4) is 0 Å². The van der Waals surface area contributed by atoms with E-state index in [4.69, 9.17) is 5.73 Å². The standard InChI is InChI=1S/C13H25N3O/c1-10(2)15-5-3-12(4-6-15)16-9-11(8-14)7-13(16)17/h10-12H,3-9,14H2,1-2H3. The Morgan fingerprint density at radius 1 is 1.35 bits per heavy atom. The van der Waals surface area contributed by atoms with Crippen molar-refractivity contribution in [2.75, 3.05) is 26.2 Å². The van der Waals surface area contributed by atoms with Gasteiger partial charge in [0.2, 0.25) is 5.91 Å². The lowest BCUT2D eigenvalue weighted by molar-refractivity contribution is -0.130. The van der Waals surface area contributed by atoms with Gasteiger partial charge in [0.05, 0.1) is 0 Å². The first-order valence-corrected chi connectivity index (χ1v) is 6.85. The third-order valence-electron chi connectivity index (χ3n) is 4.24. The van der Waals surface area contributed by atoms with Gasteiger partial charge >= 0.3 is 0 Å². The Balaban J connectivity index is 1.87. The van der Waals surface area contributed by atoms with Gasteiger partial charge < -0.3 is 15.5 Å². The molecule has 4 heteroatoms. The Morgan fingerprint density at radius 3 is 2.47 bits per heavy atom. The molecule has 0 bridgehead atoms. The van der Waals surface area contributed by atoms with Gasteiger partial charge in [-0.2, -0.15) is 0 Å². The monoisotopic (exact) mass is 239 g/mol. The predicted molar refractivity (Wildman–Crippen MR) is 68.6 cm³/mol. The van der Waals surface area contributed by atoms with E-state index in [1.807, 2.05) is 0 Å². The number of hydrogen-bond acceptors (Lipinski definition) is 3. The summed E-state index contributed by atoms with van der Waals surface area (Å²) in [4.78, 5) is 16.5. The number of rotatable bonds is 3. The van der Waals surface area contributed by atoms with Crippen LogP contribution in [-0.2, 0) is 4.79 Å². The molecule has 1 atom stereocenters. The van der Waals surface area contributed by atoms with Gasteiger partial charge in [-0.05, 0) is 39.2 Å². The van der Waals surface area contributed by atoms with Crippen LogP contribution in [0.15, 0.2) is 0 Å². The SMILES string of the molecule is CC(C)N1CCC(N2CC(CN)CC2=O)CC1. The molecule has 0 aromatic rings. The third kappa shape index (κ3) is 2.80. The van der Waals surface area contributed by atoms with Crippen molar-refractivity contribution in [3.05, 3.63) is 0 Å². The number of hydrogen-bond donors (Lipinski definition) is 1. The summed E-state index contributed by atoms with van der Waals surface area (Å²) in [6, 6.07) is 1.09. The average molecular weight is 239 g/mol. The molecule has 2 fully saturated rings. The molecule has 2 aliphatic heterocycles. The number of carbonyl (C=O) groups excluding carboxylic acids is 1. The van der Waals surface area contributed by atoms with Gasteiger partial charge in [0, 0.05) is 38.1 Å². The van der Waals surface area contributed by atoms with E-state index in [1.54, 1.807) is 0 Å². The fraction of sp³-hybridized carbons (Fsp3) is 0.923. The van der Waals surface area contributed by atoms with Gasteiger partial charge in [0.25, 0.3) is 0 Å². The fourth-order valence-corrected chi connectivity index (χ4v) is 3.03. The van der Waals surface area contributed by atoms with Crippen molar-refractivity contribution in [3.63, 3.8) is 0 Å². The molecular weight excluding hydrogens is 214 g/mol. The van der Waals surface area contributed by atoms with Crippen LogP contribution >= 0.6 is 0 Å². The zero-order valence-electron chi connectivity index (χ0n) is 11.1. The summed E-state index contributed by atoms with van der Waals surface area (Å²) in [5, 5.41) is 0. The van der Waals surface area contributed by atoms with E-state index in [9.17, 15) is 4.79 Å². The van der Waals surface area contributed by atoms with Gasteiger partial charge in [0.15, 0.2) is 0 Å². The molecule has 98 valence electrons. The minimum absolute atomic E-state index is 0.323. The minimum atomic E-state index is 0.323. The molecule has 2 saturated heterocycles. The first-order chi connectivity index (χ1) is 8.11. The number of nitrogens with zero attached hydrogens (tertiary/aromatic N) is 2. The van der Waals surface area contributed by atoms with Crippen LogP contribution in [0.25, 0.3) is 0 Å². The summed E-state index contributed by atoms with van der Waals surface area (Å²) < 4.78 is 0. The highest BCUT2D eigenvalue weighted by atomic mass is 16.2. The molecule has 0 saturated carbocycles. The maximum absolute atomic E-state index is 11.9. The van der Waals surface area contributed by atoms with Crippen LogP contribution in [-0.4, -0.2) is 54.0 Å². The van der Waals surface area contributed by atoms with E-state index in [0.717, 1.165) is 32.5 Å². The van der Waals surface area contributed by atoms with Crippen LogP contribution in [0.4, 0.5) is 0 Å². The summed E-state index contributed by atoms with van der Waals surface area (Å²) in [5.74, 6) is 0.717. The highest BCUT2D eigenvalue weighted by Crippen LogP contribution is 2.25. The Hall–Kier alpha value is -0.610. The quantitative estimate of drug-likeness (QED) is 0.787. The Kier molecular flexibility index (Phi) is 4.05. The maximum Gasteiger partial charge on any atom is 0.223 e. The third-order valence-corrected chi connectivity index (χ3v) is 4.24. The molecule has 2 aliphatic rings. The Labute approximate surface area is 104 Å². The molecule has 0 aliphatic carbocycles. The number of likely N-dealkylation sites (tertiary alicyclic amines) is 2. The molecule has 1 amide bonds. The van der Waals surface area contributed by atoms with Crippen LogP contribution < -0.4 is 5.73 Å². The second-order valence-corrected chi connectivity index (χ2v) is 5.71. The van der Waals surface area contributed by atoms with E-state index in [0.29, 0.717) is 36.9 Å². The molecule has 0 spiro atoms. The summed E-state index contributed by atoms with van der Waals surface area (Å²) >= 11 is 0. The fourth-order valence-electron chi connectivity index (χ4n) is 3.03. The smallest absolute Gasteiger partial charge is 0.223 e. The maximum atomic E-state index is 11.9. The van der Waals surface area contributed by atoms with E-state index < -0.39 is 0 Å². The largest absolute Gasteiger partial charge is 0.339 e. The number of nitrogens with two attached hydrogens (primary N) is 1. The topological polar surface area (TPSA) is 49.6 Å². The van der Waals surface area contributed by atoms with Crippen LogP contribution in [0.1, 0.15) is 33.1 Å². The molecule has 17 heavy (non-hydrogen) atoms. The van der Waals surface area contributed by atoms with E-state index in [1.165, 1.54) is 0 Å². The molecule has 0 aromatic carbocycles. The van der Waals surface area contributed by atoms with Crippen molar-refractivity contribution in [1.82, 2.24) is 9.80 Å². The minimum Gasteiger partial charge on any atom is -0.339 e. The molecular formula is C13H25N3O. The second-order valence-electron chi connectivity index (χ2n) is 5.71. The van der Waals surface area contributed by atoms with Gasteiger partial charge in [-0.3, -0.25) is 4.79 Å². The summed E-state index contributed by atoms with van der Waals surface area (Å²) in [6.45, 7) is 8.27. The van der Waals surface area contributed by atoms with Gasteiger partial charge in [0.1, 0.15) is 0 Å². The normalized spacial score (nSPS) is 28.4. The highest BCUT2D eigenvalue weighted by molar-refractivity contribution is 5.79. The van der Waals surface area contributed by atoms with Crippen LogP contribution in [0.3, 0.4) is 0 Å².